The van der Waals surface area contributed by atoms with Crippen molar-refractivity contribution in [1.29, 1.82) is 0 Å². The van der Waals surface area contributed by atoms with Crippen LogP contribution < -0.4 is 0 Å². The second kappa shape index (κ2) is 6.95. The fourth-order valence-electron chi connectivity index (χ4n) is 1.41. The first-order valence-corrected chi connectivity index (χ1v) is 6.37. The summed E-state index contributed by atoms with van der Waals surface area (Å²) in [6.07, 6.45) is 8.32. The van der Waals surface area contributed by atoms with Crippen molar-refractivity contribution < 1.29 is 0 Å². The minimum absolute atomic E-state index is 0.234. The van der Waals surface area contributed by atoms with E-state index in [1.54, 1.807) is 0 Å². The summed E-state index contributed by atoms with van der Waals surface area (Å²) < 4.78 is 0. The standard InChI is InChI=1S/C17H23N/c1-15(9-8-12-17(2,3)4)13-18-14-16-10-6-5-7-11-16/h5-13H,14H2,1-4H3/b12-8+,15-9-,18-13?. The lowest BCUT2D eigenvalue weighted by molar-refractivity contribution is 0.544. The van der Waals surface area contributed by atoms with Gasteiger partial charge in [0.15, 0.2) is 0 Å². The zero-order valence-electron chi connectivity index (χ0n) is 11.9. The van der Waals surface area contributed by atoms with E-state index in [1.165, 1.54) is 11.1 Å². The second-order valence-corrected chi connectivity index (χ2v) is 5.59. The van der Waals surface area contributed by atoms with Gasteiger partial charge in [0.25, 0.3) is 0 Å². The molecule has 0 radical (unpaired) electrons. The Balaban J connectivity index is 2.47. The van der Waals surface area contributed by atoms with Crippen LogP contribution in [-0.2, 0) is 6.54 Å². The number of rotatable bonds is 4. The Bertz CT molecular complexity index is 430. The predicted octanol–water partition coefficient (Wildman–Crippen LogP) is 4.81. The fraction of sp³-hybridized carbons (Fsp3) is 0.353. The van der Waals surface area contributed by atoms with Crippen molar-refractivity contribution in [2.45, 2.75) is 34.2 Å². The maximum absolute atomic E-state index is 4.43. The molecule has 0 unspecified atom stereocenters. The molecule has 1 rings (SSSR count). The summed E-state index contributed by atoms with van der Waals surface area (Å²) in [6, 6.07) is 10.3. The van der Waals surface area contributed by atoms with Gasteiger partial charge in [-0.3, -0.25) is 4.99 Å². The Hall–Kier alpha value is -1.63. The van der Waals surface area contributed by atoms with Crippen molar-refractivity contribution in [2.24, 2.45) is 10.4 Å². The van der Waals surface area contributed by atoms with Crippen molar-refractivity contribution in [3.05, 3.63) is 59.7 Å². The van der Waals surface area contributed by atoms with E-state index in [2.05, 4.69) is 63.0 Å². The average molecular weight is 241 g/mol. The molecular weight excluding hydrogens is 218 g/mol. The van der Waals surface area contributed by atoms with Crippen LogP contribution in [0.5, 0.6) is 0 Å². The van der Waals surface area contributed by atoms with E-state index in [1.807, 2.05) is 24.4 Å². The van der Waals surface area contributed by atoms with Gasteiger partial charge in [-0.25, -0.2) is 0 Å². The molecule has 1 nitrogen and oxygen atoms in total. The molecule has 0 aliphatic carbocycles. The van der Waals surface area contributed by atoms with Crippen molar-refractivity contribution in [3.8, 4) is 0 Å². The highest BCUT2D eigenvalue weighted by Gasteiger charge is 2.01. The van der Waals surface area contributed by atoms with Crippen LogP contribution >= 0.6 is 0 Å². The van der Waals surface area contributed by atoms with Gasteiger partial charge in [-0.1, -0.05) is 69.3 Å². The van der Waals surface area contributed by atoms with Crippen LogP contribution in [-0.4, -0.2) is 6.21 Å². The van der Waals surface area contributed by atoms with Gasteiger partial charge in [-0.15, -0.1) is 0 Å². The minimum atomic E-state index is 0.234. The van der Waals surface area contributed by atoms with Gasteiger partial charge in [-0.2, -0.15) is 0 Å². The first-order chi connectivity index (χ1) is 8.47. The molecule has 0 aliphatic heterocycles. The third kappa shape index (κ3) is 6.85. The lowest BCUT2D eigenvalue weighted by Gasteiger charge is -2.09. The Labute approximate surface area is 111 Å². The lowest BCUT2D eigenvalue weighted by atomic mass is 9.96. The van der Waals surface area contributed by atoms with Gasteiger partial charge in [0.1, 0.15) is 0 Å². The van der Waals surface area contributed by atoms with E-state index < -0.39 is 0 Å². The van der Waals surface area contributed by atoms with E-state index in [9.17, 15) is 0 Å². The maximum Gasteiger partial charge on any atom is 0.0639 e. The van der Waals surface area contributed by atoms with Crippen LogP contribution in [0, 0.1) is 5.41 Å². The molecule has 0 atom stereocenters. The predicted molar refractivity (Wildman–Crippen MR) is 81.0 cm³/mol. The van der Waals surface area contributed by atoms with Gasteiger partial charge in [-0.05, 0) is 23.5 Å². The molecule has 0 aromatic heterocycles. The molecule has 1 aromatic carbocycles. The van der Waals surface area contributed by atoms with E-state index in [0.29, 0.717) is 0 Å². The van der Waals surface area contributed by atoms with Crippen molar-refractivity contribution in [1.82, 2.24) is 0 Å². The quantitative estimate of drug-likeness (QED) is 0.530. The Morgan fingerprint density at radius 1 is 1.17 bits per heavy atom. The van der Waals surface area contributed by atoms with E-state index in [0.717, 1.165) is 6.54 Å². The summed E-state index contributed by atoms with van der Waals surface area (Å²) in [7, 11) is 0. The summed E-state index contributed by atoms with van der Waals surface area (Å²) in [5, 5.41) is 0. The molecular formula is C17H23N. The first kappa shape index (κ1) is 14.4. The highest BCUT2D eigenvalue weighted by molar-refractivity contribution is 5.78. The number of hydrogen-bond donors (Lipinski definition) is 0. The molecule has 96 valence electrons. The zero-order valence-corrected chi connectivity index (χ0v) is 11.9. The van der Waals surface area contributed by atoms with Crippen molar-refractivity contribution in [3.63, 3.8) is 0 Å². The van der Waals surface area contributed by atoms with Crippen molar-refractivity contribution >= 4 is 6.21 Å². The molecule has 0 saturated carbocycles. The molecule has 0 saturated heterocycles. The van der Waals surface area contributed by atoms with Gasteiger partial charge < -0.3 is 0 Å². The smallest absolute Gasteiger partial charge is 0.0639 e. The largest absolute Gasteiger partial charge is 0.288 e. The van der Waals surface area contributed by atoms with Crippen LogP contribution in [0.15, 0.2) is 59.1 Å². The summed E-state index contributed by atoms with van der Waals surface area (Å²) in [5.41, 5.74) is 2.65. The van der Waals surface area contributed by atoms with Gasteiger partial charge in [0, 0.05) is 6.21 Å². The van der Waals surface area contributed by atoms with Crippen molar-refractivity contribution in [2.75, 3.05) is 0 Å². The van der Waals surface area contributed by atoms with Gasteiger partial charge >= 0.3 is 0 Å². The lowest BCUT2D eigenvalue weighted by Crippen LogP contribution is -1.97. The SMILES string of the molecule is C/C(C=NCc1ccccc1)=C/C=C/C(C)(C)C. The van der Waals surface area contributed by atoms with Gasteiger partial charge in [0.2, 0.25) is 0 Å². The summed E-state index contributed by atoms with van der Waals surface area (Å²) in [6.45, 7) is 9.39. The van der Waals surface area contributed by atoms with E-state index in [4.69, 9.17) is 0 Å². The Morgan fingerprint density at radius 2 is 1.83 bits per heavy atom. The molecule has 0 aliphatic rings. The molecule has 1 heteroatoms. The molecule has 0 fully saturated rings. The van der Waals surface area contributed by atoms with Gasteiger partial charge in [0.05, 0.1) is 6.54 Å². The molecule has 0 bridgehead atoms. The minimum Gasteiger partial charge on any atom is -0.288 e. The molecule has 0 spiro atoms. The normalized spacial score (nSPS) is 13.7. The fourth-order valence-corrected chi connectivity index (χ4v) is 1.41. The number of allylic oxidation sites excluding steroid dienone is 4. The van der Waals surface area contributed by atoms with Crippen LogP contribution in [0.25, 0.3) is 0 Å². The number of aliphatic imine (C=N–C) groups is 1. The third-order valence-electron chi connectivity index (χ3n) is 2.37. The van der Waals surface area contributed by atoms with E-state index >= 15 is 0 Å². The molecule has 0 N–H and O–H groups in total. The number of hydrogen-bond acceptors (Lipinski definition) is 1. The van der Waals surface area contributed by atoms with Crippen LogP contribution in [0.2, 0.25) is 0 Å². The summed E-state index contributed by atoms with van der Waals surface area (Å²) >= 11 is 0. The number of benzene rings is 1. The molecule has 0 amide bonds. The molecule has 0 heterocycles. The number of nitrogens with zero attached hydrogens (tertiary/aromatic N) is 1. The molecule has 18 heavy (non-hydrogen) atoms. The maximum atomic E-state index is 4.43. The highest BCUT2D eigenvalue weighted by atomic mass is 14.7. The average Bonchev–Trinajstić information content (AvgIpc) is 2.28. The Morgan fingerprint density at radius 3 is 2.44 bits per heavy atom. The summed E-state index contributed by atoms with van der Waals surface area (Å²) in [4.78, 5) is 4.43. The molecule has 1 aromatic rings. The van der Waals surface area contributed by atoms with E-state index in [-0.39, 0.29) is 5.41 Å². The first-order valence-electron chi connectivity index (χ1n) is 6.37. The Kier molecular flexibility index (Phi) is 5.57. The topological polar surface area (TPSA) is 12.4 Å². The zero-order chi connectivity index (χ0) is 13.4. The monoisotopic (exact) mass is 241 g/mol. The highest BCUT2D eigenvalue weighted by Crippen LogP contribution is 2.14. The third-order valence-corrected chi connectivity index (χ3v) is 2.37. The van der Waals surface area contributed by atoms with Crippen LogP contribution in [0.3, 0.4) is 0 Å². The van der Waals surface area contributed by atoms with Crippen LogP contribution in [0.1, 0.15) is 33.3 Å². The second-order valence-electron chi connectivity index (χ2n) is 5.59. The van der Waals surface area contributed by atoms with Crippen LogP contribution in [0.4, 0.5) is 0 Å². The summed E-state index contributed by atoms with van der Waals surface area (Å²) in [5.74, 6) is 0.